The Labute approximate surface area is 174 Å². The Bertz CT molecular complexity index is 771. The molecule has 1 aliphatic heterocycles. The molecule has 2 N–H and O–H groups in total. The van der Waals surface area contributed by atoms with Gasteiger partial charge in [-0.15, -0.1) is 0 Å². The summed E-state index contributed by atoms with van der Waals surface area (Å²) >= 11 is 0. The summed E-state index contributed by atoms with van der Waals surface area (Å²) in [6, 6.07) is 8.88. The van der Waals surface area contributed by atoms with Gasteiger partial charge in [-0.1, -0.05) is 38.1 Å². The Morgan fingerprint density at radius 1 is 1.10 bits per heavy atom. The van der Waals surface area contributed by atoms with Gasteiger partial charge < -0.3 is 10.6 Å². The highest BCUT2D eigenvalue weighted by molar-refractivity contribution is 5.79. The number of aromatic nitrogens is 3. The maximum atomic E-state index is 4.70. The van der Waals surface area contributed by atoms with Crippen molar-refractivity contribution in [2.24, 2.45) is 23.9 Å². The lowest BCUT2D eigenvalue weighted by molar-refractivity contribution is 0.134. The van der Waals surface area contributed by atoms with E-state index in [0.717, 1.165) is 36.7 Å². The van der Waals surface area contributed by atoms with Crippen molar-refractivity contribution in [2.75, 3.05) is 19.6 Å². The van der Waals surface area contributed by atoms with E-state index in [4.69, 9.17) is 4.99 Å². The van der Waals surface area contributed by atoms with Crippen molar-refractivity contribution in [3.63, 3.8) is 0 Å². The molecule has 2 atom stereocenters. The van der Waals surface area contributed by atoms with Gasteiger partial charge in [0.1, 0.15) is 12.2 Å². The fraction of sp³-hybridized carbons (Fsp3) is 0.591. The Morgan fingerprint density at radius 3 is 2.41 bits per heavy atom. The lowest BCUT2D eigenvalue weighted by atomic mass is 9.91. The minimum absolute atomic E-state index is 0.591. The lowest BCUT2D eigenvalue weighted by Gasteiger charge is -2.35. The summed E-state index contributed by atoms with van der Waals surface area (Å²) in [6.45, 7) is 12.3. The molecule has 0 saturated carbocycles. The number of aliphatic imine (C=N–C) groups is 1. The summed E-state index contributed by atoms with van der Waals surface area (Å²) in [5, 5.41) is 10.7. The summed E-state index contributed by atoms with van der Waals surface area (Å²) in [7, 11) is 1.89. The highest BCUT2D eigenvalue weighted by Crippen LogP contribution is 2.22. The Morgan fingerprint density at radius 2 is 1.79 bits per heavy atom. The average Bonchev–Trinajstić information content (AvgIpc) is 3.09. The molecule has 2 heterocycles. The number of benzene rings is 1. The van der Waals surface area contributed by atoms with Gasteiger partial charge in [0.05, 0.1) is 13.1 Å². The zero-order valence-electron chi connectivity index (χ0n) is 18.2. The Hall–Kier alpha value is -2.41. The molecule has 3 rings (SSSR count). The van der Waals surface area contributed by atoms with E-state index in [1.807, 2.05) is 7.05 Å². The summed E-state index contributed by atoms with van der Waals surface area (Å²) in [5.74, 6) is 3.26. The minimum Gasteiger partial charge on any atom is -0.357 e. The number of guanidine groups is 1. The van der Waals surface area contributed by atoms with Crippen LogP contribution in [0.25, 0.3) is 0 Å². The normalized spacial score (nSPS) is 20.6. The van der Waals surface area contributed by atoms with E-state index in [1.165, 1.54) is 30.6 Å². The summed E-state index contributed by atoms with van der Waals surface area (Å²) in [6.07, 6.45) is 2.92. The van der Waals surface area contributed by atoms with E-state index in [0.29, 0.717) is 13.1 Å². The van der Waals surface area contributed by atoms with Crippen LogP contribution in [-0.4, -0.2) is 45.3 Å². The number of nitrogens with one attached hydrogen (secondary N) is 2. The highest BCUT2D eigenvalue weighted by Gasteiger charge is 2.21. The first-order valence-corrected chi connectivity index (χ1v) is 10.7. The van der Waals surface area contributed by atoms with Crippen molar-refractivity contribution in [1.82, 2.24) is 30.3 Å². The molecule has 1 saturated heterocycles. The van der Waals surface area contributed by atoms with Gasteiger partial charge in [0.2, 0.25) is 0 Å². The monoisotopic (exact) mass is 397 g/mol. The Kier molecular flexibility index (Phi) is 7.63. The van der Waals surface area contributed by atoms with E-state index in [-0.39, 0.29) is 0 Å². The van der Waals surface area contributed by atoms with Crippen molar-refractivity contribution >= 4 is 5.96 Å². The standard InChI is InChI=1S/C22H35N7/c1-5-23-22(25-12-21-26-16-27-28(21)4)24-11-19-6-8-20(9-7-19)15-29-13-17(2)10-18(3)14-29/h6-9,16-18H,5,10-15H2,1-4H3,(H2,23,24,25). The van der Waals surface area contributed by atoms with Crippen LogP contribution in [0, 0.1) is 11.8 Å². The van der Waals surface area contributed by atoms with Gasteiger partial charge in [-0.3, -0.25) is 9.58 Å². The van der Waals surface area contributed by atoms with Crippen LogP contribution < -0.4 is 10.6 Å². The molecule has 1 aromatic heterocycles. The highest BCUT2D eigenvalue weighted by atomic mass is 15.3. The molecule has 0 radical (unpaired) electrons. The predicted molar refractivity (Wildman–Crippen MR) is 117 cm³/mol. The second-order valence-electron chi connectivity index (χ2n) is 8.31. The maximum Gasteiger partial charge on any atom is 0.191 e. The van der Waals surface area contributed by atoms with Crippen LogP contribution in [0.4, 0.5) is 0 Å². The molecular weight excluding hydrogens is 362 g/mol. The van der Waals surface area contributed by atoms with E-state index in [9.17, 15) is 0 Å². The van der Waals surface area contributed by atoms with Gasteiger partial charge in [-0.05, 0) is 36.3 Å². The maximum absolute atomic E-state index is 4.70. The third-order valence-corrected chi connectivity index (χ3v) is 5.36. The zero-order valence-corrected chi connectivity index (χ0v) is 18.2. The van der Waals surface area contributed by atoms with Gasteiger partial charge >= 0.3 is 0 Å². The van der Waals surface area contributed by atoms with Crippen LogP contribution in [0.2, 0.25) is 0 Å². The third kappa shape index (κ3) is 6.56. The average molecular weight is 398 g/mol. The van der Waals surface area contributed by atoms with Crippen LogP contribution in [-0.2, 0) is 26.7 Å². The lowest BCUT2D eigenvalue weighted by Crippen LogP contribution is -2.38. The quantitative estimate of drug-likeness (QED) is 0.555. The molecule has 1 fully saturated rings. The Balaban J connectivity index is 1.53. The van der Waals surface area contributed by atoms with Crippen LogP contribution in [0.1, 0.15) is 44.1 Å². The first-order valence-electron chi connectivity index (χ1n) is 10.7. The van der Waals surface area contributed by atoms with Crippen molar-refractivity contribution in [2.45, 2.75) is 46.8 Å². The molecule has 0 spiro atoms. The second kappa shape index (κ2) is 10.4. The first kappa shape index (κ1) is 21.3. The number of rotatable bonds is 7. The molecule has 2 unspecified atom stereocenters. The van der Waals surface area contributed by atoms with Crippen molar-refractivity contribution in [1.29, 1.82) is 0 Å². The SMILES string of the molecule is CCNC(=NCc1ccc(CN2CC(C)CC(C)C2)cc1)NCc1ncnn1C. The third-order valence-electron chi connectivity index (χ3n) is 5.36. The molecule has 7 nitrogen and oxygen atoms in total. The smallest absolute Gasteiger partial charge is 0.191 e. The van der Waals surface area contributed by atoms with E-state index < -0.39 is 0 Å². The number of likely N-dealkylation sites (tertiary alicyclic amines) is 1. The molecule has 0 bridgehead atoms. The minimum atomic E-state index is 0.591. The molecular formula is C22H35N7. The largest absolute Gasteiger partial charge is 0.357 e. The summed E-state index contributed by atoms with van der Waals surface area (Å²) in [4.78, 5) is 11.5. The topological polar surface area (TPSA) is 70.4 Å². The molecule has 1 aromatic carbocycles. The van der Waals surface area contributed by atoms with E-state index >= 15 is 0 Å². The molecule has 158 valence electrons. The molecule has 0 amide bonds. The number of piperidine rings is 1. The molecule has 29 heavy (non-hydrogen) atoms. The molecule has 7 heteroatoms. The van der Waals surface area contributed by atoms with E-state index in [1.54, 1.807) is 11.0 Å². The van der Waals surface area contributed by atoms with Gasteiger partial charge in [-0.2, -0.15) is 5.10 Å². The summed E-state index contributed by atoms with van der Waals surface area (Å²) < 4.78 is 1.76. The molecule has 0 aliphatic carbocycles. The predicted octanol–water partition coefficient (Wildman–Crippen LogP) is 2.55. The van der Waals surface area contributed by atoms with Crippen LogP contribution in [0.3, 0.4) is 0 Å². The van der Waals surface area contributed by atoms with Crippen LogP contribution in [0.5, 0.6) is 0 Å². The molecule has 2 aromatic rings. The number of hydrogen-bond acceptors (Lipinski definition) is 4. The van der Waals surface area contributed by atoms with Gasteiger partial charge in [-0.25, -0.2) is 9.98 Å². The number of hydrogen-bond donors (Lipinski definition) is 2. The van der Waals surface area contributed by atoms with Gasteiger partial charge in [0.25, 0.3) is 0 Å². The van der Waals surface area contributed by atoms with Gasteiger partial charge in [0.15, 0.2) is 5.96 Å². The number of nitrogens with zero attached hydrogens (tertiary/aromatic N) is 5. The fourth-order valence-electron chi connectivity index (χ4n) is 4.08. The second-order valence-corrected chi connectivity index (χ2v) is 8.31. The van der Waals surface area contributed by atoms with Crippen molar-refractivity contribution in [3.05, 3.63) is 47.5 Å². The van der Waals surface area contributed by atoms with Crippen molar-refractivity contribution < 1.29 is 0 Å². The van der Waals surface area contributed by atoms with Gasteiger partial charge in [0, 0.05) is 33.2 Å². The number of aryl methyl sites for hydroxylation is 1. The molecule has 1 aliphatic rings. The van der Waals surface area contributed by atoms with Crippen molar-refractivity contribution in [3.8, 4) is 0 Å². The first-order chi connectivity index (χ1) is 14.0. The van der Waals surface area contributed by atoms with E-state index in [2.05, 4.69) is 70.7 Å². The summed E-state index contributed by atoms with van der Waals surface area (Å²) in [5.41, 5.74) is 2.59. The zero-order chi connectivity index (χ0) is 20.6. The van der Waals surface area contributed by atoms with Crippen LogP contribution in [0.15, 0.2) is 35.6 Å². The fourth-order valence-corrected chi connectivity index (χ4v) is 4.08. The van der Waals surface area contributed by atoms with Crippen LogP contribution >= 0.6 is 0 Å².